The van der Waals surface area contributed by atoms with E-state index < -0.39 is 12.2 Å². The van der Waals surface area contributed by atoms with Crippen LogP contribution in [0.15, 0.2) is 10.2 Å². The molecule has 13 heavy (non-hydrogen) atoms. The summed E-state index contributed by atoms with van der Waals surface area (Å²) in [6, 6.07) is 0. The van der Waals surface area contributed by atoms with Crippen LogP contribution in [-0.2, 0) is 0 Å². The topological polar surface area (TPSA) is 178 Å². The standard InChI is InChI=1S/2CHN3O2.Ba/c2*2-4-3-1(5)6;/h2*(H,5,6);/q;;+2/p-2. The predicted octanol–water partition coefficient (Wildman–Crippen LogP) is -1.10. The van der Waals surface area contributed by atoms with Gasteiger partial charge in [0.05, 0.1) is 0 Å². The Bertz CT molecular complexity index is 236. The Kier molecular flexibility index (Phi) is 19.0. The first-order valence-corrected chi connectivity index (χ1v) is 2.06. The maximum absolute atomic E-state index is 9.07. The molecule has 0 heterocycles. The summed E-state index contributed by atoms with van der Waals surface area (Å²) < 4.78 is 0. The second-order valence-corrected chi connectivity index (χ2v) is 0.911. The molecule has 0 aromatic carbocycles. The third-order valence-corrected chi connectivity index (χ3v) is 0.253. The minimum absolute atomic E-state index is 0. The van der Waals surface area contributed by atoms with Gasteiger partial charge >= 0.3 is 48.9 Å². The molecule has 0 aliphatic carbocycles. The number of rotatable bonds is 0. The van der Waals surface area contributed by atoms with Crippen LogP contribution >= 0.6 is 0 Å². The van der Waals surface area contributed by atoms with Crippen molar-refractivity contribution >= 4 is 61.1 Å². The predicted molar refractivity (Wildman–Crippen MR) is 34.8 cm³/mol. The number of carbonyl (C=O) groups is 2. The summed E-state index contributed by atoms with van der Waals surface area (Å²) in [6.45, 7) is 0. The number of nitrogens with zero attached hydrogens (tertiary/aromatic N) is 6. The summed E-state index contributed by atoms with van der Waals surface area (Å²) in [7, 11) is 0. The van der Waals surface area contributed by atoms with Gasteiger partial charge in [0.15, 0.2) is 0 Å². The first kappa shape index (κ1) is 18.0. The fraction of sp³-hybridized carbons (Fsp3) is 0. The molecule has 0 spiro atoms. The first-order chi connectivity index (χ1) is 5.54. The number of hydrogen-bond donors (Lipinski definition) is 0. The van der Waals surface area contributed by atoms with Gasteiger partial charge in [-0.3, -0.25) is 0 Å². The zero-order valence-electron chi connectivity index (χ0n) is 6.02. The number of hydrogen-bond acceptors (Lipinski definition) is 4. The molecule has 0 unspecified atom stereocenters. The van der Waals surface area contributed by atoms with E-state index in [-0.39, 0.29) is 48.9 Å². The molecule has 0 saturated carbocycles. The van der Waals surface area contributed by atoms with Crippen LogP contribution in [0, 0.1) is 0 Å². The Balaban J connectivity index is -0.000000143. The average molecular weight is 309 g/mol. The summed E-state index contributed by atoms with van der Waals surface area (Å²) >= 11 is 0. The molecule has 0 aromatic rings. The van der Waals surface area contributed by atoms with Gasteiger partial charge in [0.2, 0.25) is 0 Å². The Labute approximate surface area is 111 Å². The first-order valence-electron chi connectivity index (χ1n) is 2.06. The smallest absolute Gasteiger partial charge is 0.544 e. The molecule has 0 aromatic heterocycles. The van der Waals surface area contributed by atoms with E-state index in [0.29, 0.717) is 0 Å². The molecule has 11 heteroatoms. The van der Waals surface area contributed by atoms with Crippen molar-refractivity contribution in [1.29, 1.82) is 0 Å². The molecule has 0 aliphatic rings. The van der Waals surface area contributed by atoms with Crippen LogP contribution in [-0.4, -0.2) is 61.1 Å². The molecular formula is C2BaN6O4. The number of carbonyl (C=O) groups excluding carboxylic acids is 2. The number of amides is 2. The van der Waals surface area contributed by atoms with E-state index in [9.17, 15) is 0 Å². The maximum Gasteiger partial charge on any atom is 2.00 e. The quantitative estimate of drug-likeness (QED) is 0.238. The largest absolute Gasteiger partial charge is 2.00 e. The van der Waals surface area contributed by atoms with E-state index >= 15 is 0 Å². The third-order valence-electron chi connectivity index (χ3n) is 0.253. The molecule has 64 valence electrons. The molecule has 0 fully saturated rings. The van der Waals surface area contributed by atoms with Crippen LogP contribution in [0.5, 0.6) is 0 Å². The van der Waals surface area contributed by atoms with Gasteiger partial charge in [0.1, 0.15) is 12.2 Å². The third kappa shape index (κ3) is 35.2. The van der Waals surface area contributed by atoms with Crippen molar-refractivity contribution in [1.82, 2.24) is 0 Å². The van der Waals surface area contributed by atoms with Crippen LogP contribution in [0.3, 0.4) is 0 Å². The molecule has 0 N–H and O–H groups in total. The monoisotopic (exact) mass is 310 g/mol. The van der Waals surface area contributed by atoms with Crippen LogP contribution in [0.4, 0.5) is 9.59 Å². The van der Waals surface area contributed by atoms with Gasteiger partial charge in [-0.2, -0.15) is 0 Å². The Morgan fingerprint density at radius 1 is 1.00 bits per heavy atom. The van der Waals surface area contributed by atoms with Gasteiger partial charge in [0, 0.05) is 9.82 Å². The fourth-order valence-corrected chi connectivity index (χ4v) is 0.0730. The summed E-state index contributed by atoms with van der Waals surface area (Å²) in [5.41, 5.74) is 14.5. The maximum atomic E-state index is 9.07. The van der Waals surface area contributed by atoms with E-state index in [2.05, 4.69) is 10.2 Å². The van der Waals surface area contributed by atoms with E-state index in [1.54, 1.807) is 0 Å². The van der Waals surface area contributed by atoms with Crippen molar-refractivity contribution in [2.45, 2.75) is 0 Å². The zero-order valence-corrected chi connectivity index (χ0v) is 10.5. The van der Waals surface area contributed by atoms with E-state index in [1.165, 1.54) is 0 Å². The van der Waals surface area contributed by atoms with Crippen molar-refractivity contribution in [2.24, 2.45) is 10.2 Å². The second-order valence-electron chi connectivity index (χ2n) is 0.911. The summed E-state index contributed by atoms with van der Waals surface area (Å²) in [5, 5.41) is 22.4. The van der Waals surface area contributed by atoms with E-state index in [1.807, 2.05) is 9.82 Å². The van der Waals surface area contributed by atoms with Crippen molar-refractivity contribution < 1.29 is 19.8 Å². The van der Waals surface area contributed by atoms with Crippen molar-refractivity contribution in [3.05, 3.63) is 20.9 Å². The van der Waals surface area contributed by atoms with Crippen LogP contribution in [0.25, 0.3) is 20.9 Å². The van der Waals surface area contributed by atoms with Gasteiger partial charge in [-0.25, -0.2) is 0 Å². The molecule has 2 amide bonds. The normalized spacial score (nSPS) is 5.54. The second kappa shape index (κ2) is 13.7. The summed E-state index contributed by atoms with van der Waals surface area (Å²) in [6.07, 6.45) is -3.50. The molecule has 10 nitrogen and oxygen atoms in total. The van der Waals surface area contributed by atoms with E-state index in [4.69, 9.17) is 30.9 Å². The van der Waals surface area contributed by atoms with Crippen molar-refractivity contribution in [2.75, 3.05) is 0 Å². The average Bonchev–Trinajstić information content (AvgIpc) is 1.87. The van der Waals surface area contributed by atoms with Crippen molar-refractivity contribution in [3.8, 4) is 0 Å². The molecular weight excluding hydrogens is 309 g/mol. The van der Waals surface area contributed by atoms with Gasteiger partial charge in [0.25, 0.3) is 0 Å². The van der Waals surface area contributed by atoms with Gasteiger partial charge < -0.3 is 19.8 Å². The fourth-order valence-electron chi connectivity index (χ4n) is 0.0730. The van der Waals surface area contributed by atoms with Crippen LogP contribution < -0.4 is 10.2 Å². The van der Waals surface area contributed by atoms with Gasteiger partial charge in [-0.05, 0) is 21.3 Å². The summed E-state index contributed by atoms with van der Waals surface area (Å²) in [5.74, 6) is 0. The molecule has 0 atom stereocenters. The van der Waals surface area contributed by atoms with Crippen LogP contribution in [0.2, 0.25) is 0 Å². The Hall–Kier alpha value is -0.869. The molecule has 0 bridgehead atoms. The minimum atomic E-state index is -1.75. The molecule has 0 aliphatic heterocycles. The Morgan fingerprint density at radius 2 is 1.23 bits per heavy atom. The SMILES string of the molecule is [Ba+2].[N-]=[N+]=NC(=O)[O-].[N-]=[N+]=NC(=O)[O-]. The minimum Gasteiger partial charge on any atom is -0.544 e. The zero-order chi connectivity index (χ0) is 9.98. The molecule has 0 saturated heterocycles. The van der Waals surface area contributed by atoms with Gasteiger partial charge in [-0.15, -0.1) is 0 Å². The molecule has 0 rings (SSSR count). The number of azide groups is 2. The molecule has 0 radical (unpaired) electrons. The summed E-state index contributed by atoms with van der Waals surface area (Å²) in [4.78, 5) is 21.9. The Morgan fingerprint density at radius 3 is 1.23 bits per heavy atom. The van der Waals surface area contributed by atoms with Crippen LogP contribution in [0.1, 0.15) is 0 Å². The van der Waals surface area contributed by atoms with Gasteiger partial charge in [-0.1, -0.05) is 0 Å². The van der Waals surface area contributed by atoms with E-state index in [0.717, 1.165) is 0 Å². The van der Waals surface area contributed by atoms with Crippen molar-refractivity contribution in [3.63, 3.8) is 0 Å². The number of carboxylic acid groups (broad SMARTS) is 2.